The molecule has 1 saturated heterocycles. The number of rotatable bonds is 4. The quantitative estimate of drug-likeness (QED) is 0.932. The van der Waals surface area contributed by atoms with Gasteiger partial charge in [-0.2, -0.15) is 0 Å². The zero-order valence-corrected chi connectivity index (χ0v) is 11.9. The van der Waals surface area contributed by atoms with Crippen molar-refractivity contribution in [3.63, 3.8) is 0 Å². The van der Waals surface area contributed by atoms with Gasteiger partial charge in [-0.05, 0) is 28.8 Å². The van der Waals surface area contributed by atoms with Crippen molar-refractivity contribution in [2.45, 2.75) is 12.8 Å². The van der Waals surface area contributed by atoms with Crippen molar-refractivity contribution in [2.24, 2.45) is 11.7 Å². The smallest absolute Gasteiger partial charge is 0.223 e. The minimum absolute atomic E-state index is 0.0355. The van der Waals surface area contributed by atoms with E-state index >= 15 is 0 Å². The fourth-order valence-electron chi connectivity index (χ4n) is 2.66. The van der Waals surface area contributed by atoms with E-state index in [2.05, 4.69) is 17.5 Å². The normalized spacial score (nSPS) is 18.9. The molecule has 2 heterocycles. The molecule has 2 amide bonds. The van der Waals surface area contributed by atoms with E-state index in [0.717, 1.165) is 6.42 Å². The Kier molecular flexibility index (Phi) is 3.44. The Morgan fingerprint density at radius 1 is 1.40 bits per heavy atom. The van der Waals surface area contributed by atoms with E-state index in [9.17, 15) is 9.59 Å². The highest BCUT2D eigenvalue weighted by molar-refractivity contribution is 7.17. The van der Waals surface area contributed by atoms with Crippen molar-refractivity contribution in [2.75, 3.05) is 13.1 Å². The van der Waals surface area contributed by atoms with Crippen LogP contribution in [0.25, 0.3) is 10.1 Å². The van der Waals surface area contributed by atoms with Crippen LogP contribution in [-0.2, 0) is 16.0 Å². The first-order valence-electron chi connectivity index (χ1n) is 6.67. The number of carbonyl (C=O) groups is 2. The van der Waals surface area contributed by atoms with E-state index in [1.54, 1.807) is 16.2 Å². The third-order valence-corrected chi connectivity index (χ3v) is 4.84. The number of hydrogen-bond donors (Lipinski definition) is 1. The van der Waals surface area contributed by atoms with Crippen LogP contribution in [0.3, 0.4) is 0 Å². The molecular weight excluding hydrogens is 272 g/mol. The van der Waals surface area contributed by atoms with Gasteiger partial charge in [0.05, 0.1) is 5.92 Å². The highest BCUT2D eigenvalue weighted by Gasteiger charge is 2.32. The van der Waals surface area contributed by atoms with Crippen molar-refractivity contribution in [1.29, 1.82) is 0 Å². The highest BCUT2D eigenvalue weighted by atomic mass is 32.1. The van der Waals surface area contributed by atoms with Gasteiger partial charge in [0.2, 0.25) is 11.8 Å². The highest BCUT2D eigenvalue weighted by Crippen LogP contribution is 2.26. The average Bonchev–Trinajstić information content (AvgIpc) is 3.00. The summed E-state index contributed by atoms with van der Waals surface area (Å²) in [5.74, 6) is -0.656. The maximum atomic E-state index is 11.8. The van der Waals surface area contributed by atoms with Crippen LogP contribution in [0.2, 0.25) is 0 Å². The van der Waals surface area contributed by atoms with E-state index in [0.29, 0.717) is 13.1 Å². The second kappa shape index (κ2) is 5.25. The summed E-state index contributed by atoms with van der Waals surface area (Å²) in [6, 6.07) is 8.28. The summed E-state index contributed by atoms with van der Waals surface area (Å²) in [4.78, 5) is 24.7. The number of primary amides is 1. The zero-order chi connectivity index (χ0) is 14.1. The number of amides is 2. The molecule has 1 aliphatic heterocycles. The first-order chi connectivity index (χ1) is 9.65. The molecule has 1 unspecified atom stereocenters. The molecule has 2 aromatic rings. The maximum Gasteiger partial charge on any atom is 0.223 e. The average molecular weight is 288 g/mol. The standard InChI is InChI=1S/C15H16N2O2S/c16-15(19)11-7-14(18)17(8-11)6-5-10-9-20-13-4-2-1-3-12(10)13/h1-4,9,11H,5-8H2,(H2,16,19). The molecule has 1 atom stereocenters. The van der Waals surface area contributed by atoms with Gasteiger partial charge in [0.15, 0.2) is 0 Å². The Labute approximate surface area is 121 Å². The predicted octanol–water partition coefficient (Wildman–Crippen LogP) is 1.78. The van der Waals surface area contributed by atoms with Crippen molar-refractivity contribution >= 4 is 33.2 Å². The Morgan fingerprint density at radius 2 is 2.20 bits per heavy atom. The number of benzene rings is 1. The van der Waals surface area contributed by atoms with Crippen molar-refractivity contribution in [3.05, 3.63) is 35.2 Å². The number of carbonyl (C=O) groups excluding carboxylic acids is 2. The van der Waals surface area contributed by atoms with Gasteiger partial charge >= 0.3 is 0 Å². The number of likely N-dealkylation sites (tertiary alicyclic amines) is 1. The minimum Gasteiger partial charge on any atom is -0.369 e. The van der Waals surface area contributed by atoms with Gasteiger partial charge in [-0.15, -0.1) is 11.3 Å². The molecule has 4 nitrogen and oxygen atoms in total. The molecule has 0 saturated carbocycles. The van der Waals surface area contributed by atoms with Crippen molar-refractivity contribution in [1.82, 2.24) is 4.90 Å². The van der Waals surface area contributed by atoms with Crippen molar-refractivity contribution in [3.8, 4) is 0 Å². The number of nitrogens with two attached hydrogens (primary N) is 1. The van der Waals surface area contributed by atoms with Crippen LogP contribution in [0.1, 0.15) is 12.0 Å². The molecule has 0 bridgehead atoms. The van der Waals surface area contributed by atoms with Crippen LogP contribution in [0.15, 0.2) is 29.6 Å². The lowest BCUT2D eigenvalue weighted by Crippen LogP contribution is -2.30. The van der Waals surface area contributed by atoms with Crippen LogP contribution in [0, 0.1) is 5.92 Å². The summed E-state index contributed by atoms with van der Waals surface area (Å²) in [6.07, 6.45) is 1.08. The second-order valence-corrected chi connectivity index (χ2v) is 6.06. The van der Waals surface area contributed by atoms with Crippen LogP contribution in [-0.4, -0.2) is 29.8 Å². The third-order valence-electron chi connectivity index (χ3n) is 3.83. The lowest BCUT2D eigenvalue weighted by atomic mass is 10.1. The Morgan fingerprint density at radius 3 is 2.95 bits per heavy atom. The number of thiophene rings is 1. The number of hydrogen-bond acceptors (Lipinski definition) is 3. The largest absolute Gasteiger partial charge is 0.369 e. The topological polar surface area (TPSA) is 63.4 Å². The summed E-state index contributed by atoms with van der Waals surface area (Å²) in [5, 5.41) is 3.41. The second-order valence-electron chi connectivity index (χ2n) is 5.15. The van der Waals surface area contributed by atoms with Gasteiger partial charge < -0.3 is 10.6 Å². The Hall–Kier alpha value is -1.88. The van der Waals surface area contributed by atoms with Crippen LogP contribution in [0.4, 0.5) is 0 Å². The van der Waals surface area contributed by atoms with E-state index in [-0.39, 0.29) is 24.2 Å². The molecule has 20 heavy (non-hydrogen) atoms. The van der Waals surface area contributed by atoms with Gasteiger partial charge in [-0.25, -0.2) is 0 Å². The zero-order valence-electron chi connectivity index (χ0n) is 11.0. The maximum absolute atomic E-state index is 11.8. The summed E-state index contributed by atoms with van der Waals surface area (Å²) in [7, 11) is 0. The predicted molar refractivity (Wildman–Crippen MR) is 79.4 cm³/mol. The first-order valence-corrected chi connectivity index (χ1v) is 7.55. The molecule has 2 N–H and O–H groups in total. The van der Waals surface area contributed by atoms with E-state index in [1.165, 1.54) is 15.6 Å². The Balaban J connectivity index is 1.68. The lowest BCUT2D eigenvalue weighted by Gasteiger charge is -2.15. The molecular formula is C15H16N2O2S. The van der Waals surface area contributed by atoms with Crippen molar-refractivity contribution < 1.29 is 9.59 Å². The van der Waals surface area contributed by atoms with Crippen LogP contribution < -0.4 is 5.73 Å². The molecule has 104 valence electrons. The van der Waals surface area contributed by atoms with Crippen LogP contribution >= 0.6 is 11.3 Å². The monoisotopic (exact) mass is 288 g/mol. The first kappa shape index (κ1) is 13.1. The van der Waals surface area contributed by atoms with Gasteiger partial charge in [-0.3, -0.25) is 9.59 Å². The molecule has 3 rings (SSSR count). The SMILES string of the molecule is NC(=O)C1CC(=O)N(CCc2csc3ccccc23)C1. The van der Waals surface area contributed by atoms with Gasteiger partial charge in [-0.1, -0.05) is 18.2 Å². The molecule has 1 aromatic heterocycles. The van der Waals surface area contributed by atoms with Gasteiger partial charge in [0, 0.05) is 24.2 Å². The number of fused-ring (bicyclic) bond motifs is 1. The van der Waals surface area contributed by atoms with Gasteiger partial charge in [0.25, 0.3) is 0 Å². The van der Waals surface area contributed by atoms with E-state index < -0.39 is 0 Å². The molecule has 0 aliphatic carbocycles. The van der Waals surface area contributed by atoms with E-state index in [1.807, 2.05) is 12.1 Å². The third kappa shape index (κ3) is 2.41. The molecule has 0 spiro atoms. The molecule has 1 aliphatic rings. The summed E-state index contributed by atoms with van der Waals surface area (Å²) < 4.78 is 1.27. The molecule has 1 fully saturated rings. The fourth-order valence-corrected chi connectivity index (χ4v) is 3.66. The van der Waals surface area contributed by atoms with Crippen LogP contribution in [0.5, 0.6) is 0 Å². The molecule has 1 aromatic carbocycles. The number of nitrogens with zero attached hydrogens (tertiary/aromatic N) is 1. The summed E-state index contributed by atoms with van der Waals surface area (Å²) >= 11 is 1.73. The lowest BCUT2D eigenvalue weighted by molar-refractivity contribution is -0.128. The van der Waals surface area contributed by atoms with E-state index in [4.69, 9.17) is 5.73 Å². The fraction of sp³-hybridized carbons (Fsp3) is 0.333. The summed E-state index contributed by atoms with van der Waals surface area (Å²) in [6.45, 7) is 1.12. The van der Waals surface area contributed by atoms with Gasteiger partial charge in [0.1, 0.15) is 0 Å². The molecule has 0 radical (unpaired) electrons. The summed E-state index contributed by atoms with van der Waals surface area (Å²) in [5.41, 5.74) is 6.54. The minimum atomic E-state index is -0.373. The Bertz CT molecular complexity index is 665. The molecule has 5 heteroatoms.